The summed E-state index contributed by atoms with van der Waals surface area (Å²) in [6.07, 6.45) is 0. The number of halogens is 1. The molecule has 0 aromatic heterocycles. The van der Waals surface area contributed by atoms with Crippen LogP contribution in [-0.4, -0.2) is 19.7 Å². The lowest BCUT2D eigenvalue weighted by Crippen LogP contribution is -2.35. The van der Waals surface area contributed by atoms with Crippen LogP contribution in [0.3, 0.4) is 0 Å². The molecule has 0 saturated heterocycles. The molecule has 0 atom stereocenters. The topological polar surface area (TPSA) is 50.4 Å². The summed E-state index contributed by atoms with van der Waals surface area (Å²) in [7, 11) is 1.54. The van der Waals surface area contributed by atoms with Gasteiger partial charge in [0.1, 0.15) is 5.75 Å². The van der Waals surface area contributed by atoms with Crippen LogP contribution in [0.2, 0.25) is 5.02 Å². The summed E-state index contributed by atoms with van der Waals surface area (Å²) >= 11 is 5.88. The van der Waals surface area contributed by atoms with E-state index in [0.717, 1.165) is 0 Å². The van der Waals surface area contributed by atoms with Gasteiger partial charge < -0.3 is 15.4 Å². The van der Waals surface area contributed by atoms with Crippen molar-refractivity contribution in [1.82, 2.24) is 5.32 Å². The van der Waals surface area contributed by atoms with Crippen molar-refractivity contribution in [2.75, 3.05) is 19.0 Å². The number of ether oxygens (including phenoxy) is 1. The first-order valence-corrected chi connectivity index (χ1v) is 6.08. The molecule has 1 aromatic carbocycles. The number of methoxy groups -OCH3 is 1. The Morgan fingerprint density at radius 2 is 2.06 bits per heavy atom. The van der Waals surface area contributed by atoms with Crippen molar-refractivity contribution in [3.8, 4) is 5.75 Å². The molecule has 0 radical (unpaired) electrons. The molecular formula is C13H19ClN2O2. The van der Waals surface area contributed by atoms with Gasteiger partial charge in [0, 0.05) is 11.6 Å². The van der Waals surface area contributed by atoms with Gasteiger partial charge in [-0.05, 0) is 23.6 Å². The fourth-order valence-electron chi connectivity index (χ4n) is 1.29. The number of hydrogen-bond donors (Lipinski definition) is 2. The Bertz CT molecular complexity index is 427. The first-order chi connectivity index (χ1) is 8.31. The van der Waals surface area contributed by atoms with Gasteiger partial charge in [0.25, 0.3) is 0 Å². The average molecular weight is 271 g/mol. The van der Waals surface area contributed by atoms with E-state index in [1.165, 1.54) is 0 Å². The van der Waals surface area contributed by atoms with Crippen LogP contribution in [0.5, 0.6) is 5.75 Å². The van der Waals surface area contributed by atoms with E-state index in [0.29, 0.717) is 23.0 Å². The number of anilines is 1. The van der Waals surface area contributed by atoms with Crippen molar-refractivity contribution in [3.63, 3.8) is 0 Å². The smallest absolute Gasteiger partial charge is 0.319 e. The van der Waals surface area contributed by atoms with E-state index >= 15 is 0 Å². The highest BCUT2D eigenvalue weighted by Gasteiger charge is 2.13. The van der Waals surface area contributed by atoms with E-state index in [-0.39, 0.29) is 11.4 Å². The van der Waals surface area contributed by atoms with E-state index in [2.05, 4.69) is 10.6 Å². The largest absolute Gasteiger partial charge is 0.495 e. The number of nitrogens with one attached hydrogen (secondary N) is 2. The van der Waals surface area contributed by atoms with Crippen LogP contribution in [0.4, 0.5) is 10.5 Å². The zero-order valence-corrected chi connectivity index (χ0v) is 11.9. The third-order valence-electron chi connectivity index (χ3n) is 2.19. The lowest BCUT2D eigenvalue weighted by atomic mass is 9.97. The van der Waals surface area contributed by atoms with Crippen LogP contribution < -0.4 is 15.4 Å². The Kier molecular flexibility index (Phi) is 4.84. The fourth-order valence-corrected chi connectivity index (χ4v) is 1.46. The molecule has 0 fully saturated rings. The summed E-state index contributed by atoms with van der Waals surface area (Å²) in [5.41, 5.74) is 0.590. The second-order valence-electron chi connectivity index (χ2n) is 5.21. The molecular weight excluding hydrogens is 252 g/mol. The van der Waals surface area contributed by atoms with Gasteiger partial charge in [-0.15, -0.1) is 0 Å². The molecule has 2 N–H and O–H groups in total. The molecule has 0 aliphatic carbocycles. The van der Waals surface area contributed by atoms with Crippen LogP contribution in [0, 0.1) is 5.41 Å². The summed E-state index contributed by atoms with van der Waals surface area (Å²) in [5, 5.41) is 6.05. The number of rotatable bonds is 3. The highest BCUT2D eigenvalue weighted by Crippen LogP contribution is 2.27. The second-order valence-corrected chi connectivity index (χ2v) is 5.65. The molecule has 0 saturated carbocycles. The summed E-state index contributed by atoms with van der Waals surface area (Å²) < 4.78 is 5.15. The number of hydrogen-bond acceptors (Lipinski definition) is 2. The molecule has 18 heavy (non-hydrogen) atoms. The second kappa shape index (κ2) is 5.96. The van der Waals surface area contributed by atoms with Gasteiger partial charge in [0.2, 0.25) is 0 Å². The first kappa shape index (κ1) is 14.6. The summed E-state index contributed by atoms with van der Waals surface area (Å²) in [6, 6.07) is 4.79. The highest BCUT2D eigenvalue weighted by atomic mass is 35.5. The first-order valence-electron chi connectivity index (χ1n) is 5.70. The Hall–Kier alpha value is -1.42. The van der Waals surface area contributed by atoms with Gasteiger partial charge in [-0.3, -0.25) is 0 Å². The zero-order valence-electron chi connectivity index (χ0n) is 11.1. The van der Waals surface area contributed by atoms with Crippen molar-refractivity contribution in [2.45, 2.75) is 20.8 Å². The van der Waals surface area contributed by atoms with E-state index in [1.54, 1.807) is 25.3 Å². The van der Waals surface area contributed by atoms with Crippen molar-refractivity contribution >= 4 is 23.3 Å². The van der Waals surface area contributed by atoms with Gasteiger partial charge >= 0.3 is 6.03 Å². The molecule has 100 valence electrons. The van der Waals surface area contributed by atoms with Crippen LogP contribution in [0.15, 0.2) is 18.2 Å². The third-order valence-corrected chi connectivity index (χ3v) is 2.42. The number of carbonyl (C=O) groups excluding carboxylic acids is 1. The Labute approximate surface area is 113 Å². The lowest BCUT2D eigenvalue weighted by molar-refractivity contribution is 0.246. The average Bonchev–Trinajstić information content (AvgIpc) is 2.26. The van der Waals surface area contributed by atoms with Gasteiger partial charge in [0.15, 0.2) is 0 Å². The predicted octanol–water partition coefficient (Wildman–Crippen LogP) is 3.52. The van der Waals surface area contributed by atoms with Crippen LogP contribution in [0.25, 0.3) is 0 Å². The van der Waals surface area contributed by atoms with E-state index < -0.39 is 0 Å². The van der Waals surface area contributed by atoms with Crippen LogP contribution in [0.1, 0.15) is 20.8 Å². The van der Waals surface area contributed by atoms with Crippen molar-refractivity contribution < 1.29 is 9.53 Å². The quantitative estimate of drug-likeness (QED) is 0.883. The standard InChI is InChI=1S/C13H19ClN2O2/c1-13(2,3)8-15-12(17)16-10-7-9(14)5-6-11(10)18-4/h5-7H,8H2,1-4H3,(H2,15,16,17). The SMILES string of the molecule is COc1ccc(Cl)cc1NC(=O)NCC(C)(C)C. The van der Waals surface area contributed by atoms with E-state index in [4.69, 9.17) is 16.3 Å². The summed E-state index contributed by atoms with van der Waals surface area (Å²) in [6.45, 7) is 6.73. The Morgan fingerprint density at radius 1 is 1.39 bits per heavy atom. The number of benzene rings is 1. The van der Waals surface area contributed by atoms with Gasteiger partial charge in [-0.25, -0.2) is 4.79 Å². The number of amides is 2. The van der Waals surface area contributed by atoms with Crippen LogP contribution >= 0.6 is 11.6 Å². The normalized spacial score (nSPS) is 10.9. The predicted molar refractivity (Wildman–Crippen MR) is 74.5 cm³/mol. The number of urea groups is 1. The monoisotopic (exact) mass is 270 g/mol. The molecule has 1 aromatic rings. The summed E-state index contributed by atoms with van der Waals surface area (Å²) in [4.78, 5) is 11.7. The van der Waals surface area contributed by atoms with Gasteiger partial charge in [-0.1, -0.05) is 32.4 Å². The van der Waals surface area contributed by atoms with Gasteiger partial charge in [0.05, 0.1) is 12.8 Å². The molecule has 4 nitrogen and oxygen atoms in total. The van der Waals surface area contributed by atoms with Crippen molar-refractivity contribution in [2.24, 2.45) is 5.41 Å². The zero-order chi connectivity index (χ0) is 13.8. The molecule has 5 heteroatoms. The Morgan fingerprint density at radius 3 is 2.61 bits per heavy atom. The fraction of sp³-hybridized carbons (Fsp3) is 0.462. The molecule has 0 spiro atoms. The minimum absolute atomic E-state index is 0.0375. The van der Waals surface area contributed by atoms with E-state index in [9.17, 15) is 4.79 Å². The molecule has 0 bridgehead atoms. The lowest BCUT2D eigenvalue weighted by Gasteiger charge is -2.19. The molecule has 2 amide bonds. The molecule has 0 aliphatic heterocycles. The maximum Gasteiger partial charge on any atom is 0.319 e. The molecule has 0 heterocycles. The molecule has 0 aliphatic rings. The van der Waals surface area contributed by atoms with E-state index in [1.807, 2.05) is 20.8 Å². The Balaban J connectivity index is 2.66. The molecule has 1 rings (SSSR count). The molecule has 0 unspecified atom stereocenters. The number of carbonyl (C=O) groups is 1. The van der Waals surface area contributed by atoms with Crippen molar-refractivity contribution in [3.05, 3.63) is 23.2 Å². The maximum atomic E-state index is 11.7. The maximum absolute atomic E-state index is 11.7. The highest BCUT2D eigenvalue weighted by molar-refractivity contribution is 6.31. The van der Waals surface area contributed by atoms with Crippen molar-refractivity contribution in [1.29, 1.82) is 0 Å². The van der Waals surface area contributed by atoms with Gasteiger partial charge in [-0.2, -0.15) is 0 Å². The van der Waals surface area contributed by atoms with Crippen LogP contribution in [-0.2, 0) is 0 Å². The third kappa shape index (κ3) is 4.84. The minimum Gasteiger partial charge on any atom is -0.495 e. The summed E-state index contributed by atoms with van der Waals surface area (Å²) in [5.74, 6) is 0.574. The minimum atomic E-state index is -0.273.